The van der Waals surface area contributed by atoms with Gasteiger partial charge in [0, 0.05) is 37.3 Å². The number of piperidine rings is 1. The first kappa shape index (κ1) is 22.2. The van der Waals surface area contributed by atoms with Crippen molar-refractivity contribution in [2.45, 2.75) is 32.0 Å². The number of hydrogen-bond acceptors (Lipinski definition) is 6. The summed E-state index contributed by atoms with van der Waals surface area (Å²) >= 11 is 0. The van der Waals surface area contributed by atoms with E-state index in [0.29, 0.717) is 19.4 Å². The molecular weight excluding hydrogens is 402 g/mol. The summed E-state index contributed by atoms with van der Waals surface area (Å²) in [4.78, 5) is 19.7. The first-order valence-electron chi connectivity index (χ1n) is 11.2. The van der Waals surface area contributed by atoms with E-state index in [1.165, 1.54) is 12.7 Å². The molecular formula is C26H31N3O3. The Hall–Kier alpha value is -2.96. The molecule has 0 spiro atoms. The zero-order valence-electron chi connectivity index (χ0n) is 18.8. The van der Waals surface area contributed by atoms with Gasteiger partial charge in [-0.2, -0.15) is 0 Å². The smallest absolute Gasteiger partial charge is 0.316 e. The number of aromatic nitrogens is 1. The predicted molar refractivity (Wildman–Crippen MR) is 123 cm³/mol. The van der Waals surface area contributed by atoms with Crippen molar-refractivity contribution in [3.63, 3.8) is 0 Å². The van der Waals surface area contributed by atoms with E-state index in [9.17, 15) is 4.79 Å². The van der Waals surface area contributed by atoms with Gasteiger partial charge in [0.25, 0.3) is 0 Å². The van der Waals surface area contributed by atoms with Crippen LogP contribution in [0.25, 0.3) is 0 Å². The van der Waals surface area contributed by atoms with Crippen LogP contribution in [0.1, 0.15) is 30.9 Å². The van der Waals surface area contributed by atoms with Crippen molar-refractivity contribution in [3.8, 4) is 0 Å². The van der Waals surface area contributed by atoms with E-state index in [1.54, 1.807) is 12.4 Å². The number of carbonyl (C=O) groups excluding carboxylic acids is 1. The lowest BCUT2D eigenvalue weighted by Crippen LogP contribution is -2.48. The zero-order chi connectivity index (χ0) is 22.4. The SMILES string of the molecule is CCOC1(c2cccnc2)C=CC(C2(C(=O)OC)CCN(Cc3ccccc3)CC2)=CN1. The standard InChI is InChI=1S/C26H31N3O3/c1-3-32-26(23-10-7-15-27-18-23)12-11-22(19-28-26)25(24(30)31-2)13-16-29(17-14-25)20-21-8-5-4-6-9-21/h4-12,15,18-19,28H,3,13-14,16-17,20H2,1-2H3. The van der Waals surface area contributed by atoms with Crippen molar-refractivity contribution in [2.24, 2.45) is 5.41 Å². The number of benzene rings is 1. The molecule has 168 valence electrons. The molecule has 0 bridgehead atoms. The van der Waals surface area contributed by atoms with Gasteiger partial charge in [-0.1, -0.05) is 42.5 Å². The molecule has 1 N–H and O–H groups in total. The average molecular weight is 434 g/mol. The summed E-state index contributed by atoms with van der Waals surface area (Å²) in [6.07, 6.45) is 10.9. The van der Waals surface area contributed by atoms with Gasteiger partial charge in [-0.3, -0.25) is 14.7 Å². The number of dihydropyridines is 1. The first-order chi connectivity index (χ1) is 15.6. The maximum absolute atomic E-state index is 13.0. The third-order valence-corrected chi connectivity index (χ3v) is 6.49. The molecule has 1 aromatic heterocycles. The van der Waals surface area contributed by atoms with Crippen molar-refractivity contribution >= 4 is 5.97 Å². The number of nitrogens with one attached hydrogen (secondary N) is 1. The number of esters is 1. The third-order valence-electron chi connectivity index (χ3n) is 6.49. The number of likely N-dealkylation sites (tertiary alicyclic amines) is 1. The molecule has 0 saturated carbocycles. The second-order valence-corrected chi connectivity index (χ2v) is 8.32. The Morgan fingerprint density at radius 2 is 1.94 bits per heavy atom. The minimum atomic E-state index is -0.794. The van der Waals surface area contributed by atoms with Crippen molar-refractivity contribution in [1.29, 1.82) is 0 Å². The summed E-state index contributed by atoms with van der Waals surface area (Å²) in [7, 11) is 1.47. The summed E-state index contributed by atoms with van der Waals surface area (Å²) in [5.41, 5.74) is 1.67. The van der Waals surface area contributed by atoms with E-state index in [4.69, 9.17) is 9.47 Å². The van der Waals surface area contributed by atoms with Gasteiger partial charge in [-0.25, -0.2) is 0 Å². The molecule has 2 aliphatic heterocycles. The van der Waals surface area contributed by atoms with Gasteiger partial charge < -0.3 is 14.8 Å². The van der Waals surface area contributed by atoms with Crippen LogP contribution in [0.15, 0.2) is 78.8 Å². The van der Waals surface area contributed by atoms with E-state index in [0.717, 1.165) is 30.8 Å². The van der Waals surface area contributed by atoms with E-state index in [2.05, 4.69) is 39.5 Å². The molecule has 4 rings (SSSR count). The fraction of sp³-hybridized carbons (Fsp3) is 0.385. The Morgan fingerprint density at radius 3 is 2.53 bits per heavy atom. The quantitative estimate of drug-likeness (QED) is 0.671. The van der Waals surface area contributed by atoms with Gasteiger partial charge in [0.15, 0.2) is 5.72 Å². The monoisotopic (exact) mass is 433 g/mol. The van der Waals surface area contributed by atoms with Gasteiger partial charge in [0.2, 0.25) is 0 Å². The molecule has 0 amide bonds. The van der Waals surface area contributed by atoms with Gasteiger partial charge in [0.05, 0.1) is 12.5 Å². The predicted octanol–water partition coefficient (Wildman–Crippen LogP) is 3.77. The second kappa shape index (κ2) is 9.67. The van der Waals surface area contributed by atoms with Crippen LogP contribution in [0.5, 0.6) is 0 Å². The van der Waals surface area contributed by atoms with Crippen LogP contribution in [0, 0.1) is 5.41 Å². The number of rotatable bonds is 7. The Labute approximate surface area is 189 Å². The summed E-state index contributed by atoms with van der Waals surface area (Å²) in [5.74, 6) is -0.181. The minimum absolute atomic E-state index is 0.181. The van der Waals surface area contributed by atoms with E-state index in [1.807, 2.05) is 43.5 Å². The van der Waals surface area contributed by atoms with Crippen molar-refractivity contribution in [3.05, 3.63) is 89.9 Å². The average Bonchev–Trinajstić information content (AvgIpc) is 2.86. The first-order valence-corrected chi connectivity index (χ1v) is 11.2. The number of ether oxygens (including phenoxy) is 2. The normalized spacial score (nSPS) is 22.6. The van der Waals surface area contributed by atoms with E-state index >= 15 is 0 Å². The van der Waals surface area contributed by atoms with Gasteiger partial charge >= 0.3 is 5.97 Å². The largest absolute Gasteiger partial charge is 0.468 e. The number of pyridine rings is 1. The van der Waals surface area contributed by atoms with Gasteiger partial charge in [0.1, 0.15) is 0 Å². The molecule has 6 heteroatoms. The van der Waals surface area contributed by atoms with E-state index in [-0.39, 0.29) is 5.97 Å². The topological polar surface area (TPSA) is 63.7 Å². The molecule has 1 unspecified atom stereocenters. The van der Waals surface area contributed by atoms with Crippen molar-refractivity contribution in [1.82, 2.24) is 15.2 Å². The third kappa shape index (κ3) is 4.33. The Kier molecular flexibility index (Phi) is 6.72. The van der Waals surface area contributed by atoms with Crippen LogP contribution in [0.2, 0.25) is 0 Å². The lowest BCUT2D eigenvalue weighted by molar-refractivity contribution is -0.153. The number of nitrogens with zero attached hydrogens (tertiary/aromatic N) is 2. The highest BCUT2D eigenvalue weighted by Gasteiger charge is 2.46. The maximum atomic E-state index is 13.0. The fourth-order valence-electron chi connectivity index (χ4n) is 4.69. The second-order valence-electron chi connectivity index (χ2n) is 8.32. The van der Waals surface area contributed by atoms with Crippen LogP contribution in [0.3, 0.4) is 0 Å². The minimum Gasteiger partial charge on any atom is -0.468 e. The molecule has 2 aliphatic rings. The van der Waals surface area contributed by atoms with Crippen molar-refractivity contribution in [2.75, 3.05) is 26.8 Å². The number of allylic oxidation sites excluding steroid dienone is 1. The molecule has 1 atom stereocenters. The summed E-state index contributed by atoms with van der Waals surface area (Å²) in [6, 6.07) is 14.3. The molecule has 2 aromatic rings. The Morgan fingerprint density at radius 1 is 1.16 bits per heavy atom. The lowest BCUT2D eigenvalue weighted by atomic mass is 9.71. The Bertz CT molecular complexity index is 966. The molecule has 1 saturated heterocycles. The highest BCUT2D eigenvalue weighted by atomic mass is 16.5. The van der Waals surface area contributed by atoms with Gasteiger partial charge in [-0.15, -0.1) is 0 Å². The van der Waals surface area contributed by atoms with Crippen LogP contribution in [-0.2, 0) is 26.5 Å². The molecule has 1 aromatic carbocycles. The Balaban J connectivity index is 1.53. The summed E-state index contributed by atoms with van der Waals surface area (Å²) in [5, 5.41) is 3.42. The van der Waals surface area contributed by atoms with Crippen molar-refractivity contribution < 1.29 is 14.3 Å². The van der Waals surface area contributed by atoms with Crippen LogP contribution < -0.4 is 5.32 Å². The number of methoxy groups -OCH3 is 1. The zero-order valence-corrected chi connectivity index (χ0v) is 18.8. The number of carbonyl (C=O) groups is 1. The molecule has 6 nitrogen and oxygen atoms in total. The summed E-state index contributed by atoms with van der Waals surface area (Å²) in [6.45, 7) is 5.04. The molecule has 32 heavy (non-hydrogen) atoms. The summed E-state index contributed by atoms with van der Waals surface area (Å²) < 4.78 is 11.4. The highest BCUT2D eigenvalue weighted by molar-refractivity contribution is 5.82. The molecule has 0 aliphatic carbocycles. The number of hydrogen-bond donors (Lipinski definition) is 1. The highest BCUT2D eigenvalue weighted by Crippen LogP contribution is 2.43. The molecule has 1 fully saturated rings. The fourth-order valence-corrected chi connectivity index (χ4v) is 4.69. The maximum Gasteiger partial charge on any atom is 0.316 e. The molecule has 0 radical (unpaired) electrons. The molecule has 3 heterocycles. The van der Waals surface area contributed by atoms with Crippen LogP contribution in [-0.4, -0.2) is 42.7 Å². The van der Waals surface area contributed by atoms with E-state index < -0.39 is 11.1 Å². The lowest BCUT2D eigenvalue weighted by Gasteiger charge is -2.42. The van der Waals surface area contributed by atoms with Gasteiger partial charge in [-0.05, 0) is 56.1 Å². The van der Waals surface area contributed by atoms with Crippen LogP contribution >= 0.6 is 0 Å². The van der Waals surface area contributed by atoms with Crippen LogP contribution in [0.4, 0.5) is 0 Å².